The maximum absolute atomic E-state index is 11.7. The first kappa shape index (κ1) is 86.5. The first-order chi connectivity index (χ1) is 55.3. The summed E-state index contributed by atoms with van der Waals surface area (Å²) in [6, 6.07) is 40.4. The molecule has 0 heterocycles. The molecule has 0 saturated heterocycles. The van der Waals surface area contributed by atoms with Crippen LogP contribution < -0.4 is 37.9 Å². The van der Waals surface area contributed by atoms with Gasteiger partial charge >= 0.3 is 47.8 Å². The van der Waals surface area contributed by atoms with Crippen LogP contribution in [0.5, 0.6) is 46.0 Å². The van der Waals surface area contributed by atoms with Gasteiger partial charge in [0.25, 0.3) is 51.8 Å². The summed E-state index contributed by atoms with van der Waals surface area (Å²) < 4.78 is 37.9. The van der Waals surface area contributed by atoms with Gasteiger partial charge < -0.3 is 78.7 Å². The van der Waals surface area contributed by atoms with Gasteiger partial charge in [0.1, 0.15) is 46.0 Å². The number of ether oxygens (including phenoxy) is 8. The van der Waals surface area contributed by atoms with Gasteiger partial charge in [-0.15, -0.1) is 0 Å². The lowest BCUT2D eigenvalue weighted by Gasteiger charge is -2.17. The summed E-state index contributed by atoms with van der Waals surface area (Å²) in [5.41, 5.74) is 9.88. The van der Waals surface area contributed by atoms with Crippen molar-refractivity contribution in [2.24, 2.45) is 0 Å². The molecule has 10 aromatic carbocycles. The standard InChI is InChI=1S/C32H26O8.C18H14O8.C18H10O8.C16H10O8/c1-17-5-21(6-18(2)29(17)23-9-25(31(35)36)13-27(11-23)39-15-33)22-7-19(3)30(20(4)8-22)24-10-26(32(37)38)14-28(12-24)40-16-34;2*19-9-25-15-5-11(3-13(7-15)17(21)22)1-2-12-4-14(18(23)24)8-16(6-12)26-10-20;17-7-23-13-3-9(1-11(5-13)15(19)20)10-2-12(16(21)22)6-14(4-10)24-8-18/h5-16H,1-4H3,(H,35,36)(H,37,38);3-10H,1-2H2,(H,21,22)(H,23,24);3-10H,(H,21,22)(H,23,24);1-8H,(H,19,20)(H,21,22). The number of hydrogen-bond donors (Lipinski definition) is 8. The Hall–Kier alpha value is -16.7. The molecule has 32 heteroatoms. The van der Waals surface area contributed by atoms with Gasteiger partial charge in [-0.25, -0.2) is 38.4 Å². The minimum Gasteiger partial charge on any atom is -0.478 e. The van der Waals surface area contributed by atoms with Crippen molar-refractivity contribution in [1.29, 1.82) is 0 Å². The number of carboxylic acids is 8. The summed E-state index contributed by atoms with van der Waals surface area (Å²) in [6.07, 6.45) is 0.694. The lowest BCUT2D eigenvalue weighted by Crippen LogP contribution is -2.03. The van der Waals surface area contributed by atoms with Gasteiger partial charge in [-0.3, -0.25) is 38.4 Å². The van der Waals surface area contributed by atoms with Crippen LogP contribution in [0.25, 0.3) is 44.5 Å². The minimum atomic E-state index is -1.26. The van der Waals surface area contributed by atoms with Gasteiger partial charge in [-0.05, 0) is 264 Å². The summed E-state index contributed by atoms with van der Waals surface area (Å²) in [4.78, 5) is 175. The lowest BCUT2D eigenvalue weighted by molar-refractivity contribution is -0.121. The molecule has 0 spiro atoms. The maximum Gasteiger partial charge on any atom is 0.335 e. The van der Waals surface area contributed by atoms with Crippen LogP contribution in [0.1, 0.15) is 127 Å². The fraction of sp³-hybridized carbons (Fsp3) is 0.0714. The highest BCUT2D eigenvalue weighted by molar-refractivity contribution is 5.96. The van der Waals surface area contributed by atoms with Crippen molar-refractivity contribution >= 4 is 99.5 Å². The normalized spacial score (nSPS) is 10.0. The topological polar surface area (TPSA) is 509 Å². The van der Waals surface area contributed by atoms with Crippen LogP contribution in [0.15, 0.2) is 170 Å². The van der Waals surface area contributed by atoms with Gasteiger partial charge in [0.2, 0.25) is 0 Å². The summed E-state index contributed by atoms with van der Waals surface area (Å²) in [5.74, 6) is -3.89. The van der Waals surface area contributed by atoms with Gasteiger partial charge in [0.05, 0.1) is 44.5 Å². The van der Waals surface area contributed by atoms with E-state index in [2.05, 4.69) is 30.8 Å². The predicted octanol–water partition coefficient (Wildman–Crippen LogP) is 11.7. The molecule has 0 aliphatic heterocycles. The van der Waals surface area contributed by atoms with E-state index in [1.54, 1.807) is 24.3 Å². The second-order valence-corrected chi connectivity index (χ2v) is 24.1. The monoisotopic (exact) mass is 1580 g/mol. The second kappa shape index (κ2) is 40.6. The van der Waals surface area contributed by atoms with E-state index >= 15 is 0 Å². The Labute approximate surface area is 654 Å². The molecular weight excluding hydrogens is 1520 g/mol. The smallest absolute Gasteiger partial charge is 0.335 e. The molecule has 10 aromatic rings. The zero-order valence-electron chi connectivity index (χ0n) is 60.6. The van der Waals surface area contributed by atoms with E-state index in [0.717, 1.165) is 68.8 Å². The van der Waals surface area contributed by atoms with Crippen LogP contribution in [-0.4, -0.2) is 140 Å². The molecule has 0 aromatic heterocycles. The Morgan fingerprint density at radius 3 is 0.638 bits per heavy atom. The molecule has 0 fully saturated rings. The molecule has 0 bridgehead atoms. The molecule has 116 heavy (non-hydrogen) atoms. The van der Waals surface area contributed by atoms with Gasteiger partial charge in [0, 0.05) is 11.1 Å². The van der Waals surface area contributed by atoms with Crippen molar-refractivity contribution in [1.82, 2.24) is 0 Å². The number of rotatable bonds is 31. The summed E-state index contributed by atoms with van der Waals surface area (Å²) in [7, 11) is 0. The third-order valence-corrected chi connectivity index (χ3v) is 16.2. The van der Waals surface area contributed by atoms with E-state index in [9.17, 15) is 86.9 Å². The number of benzene rings is 10. The van der Waals surface area contributed by atoms with Crippen LogP contribution in [-0.2, 0) is 51.2 Å². The highest BCUT2D eigenvalue weighted by Gasteiger charge is 2.21. The number of carboxylic acid groups (broad SMARTS) is 8. The highest BCUT2D eigenvalue weighted by atomic mass is 16.5. The summed E-state index contributed by atoms with van der Waals surface area (Å²) >= 11 is 0. The van der Waals surface area contributed by atoms with E-state index in [0.29, 0.717) is 35.1 Å². The Kier molecular flexibility index (Phi) is 30.3. The molecule has 10 rings (SSSR count). The Bertz CT molecular complexity index is 5270. The third-order valence-electron chi connectivity index (χ3n) is 16.2. The number of hydrogen-bond acceptors (Lipinski definition) is 24. The van der Waals surface area contributed by atoms with E-state index in [1.807, 2.05) is 52.0 Å². The molecule has 588 valence electrons. The molecule has 0 atom stereocenters. The van der Waals surface area contributed by atoms with E-state index < -0.39 is 47.8 Å². The van der Waals surface area contributed by atoms with Crippen molar-refractivity contribution in [2.45, 2.75) is 40.5 Å². The summed E-state index contributed by atoms with van der Waals surface area (Å²) in [5, 5.41) is 73.7. The molecule has 8 N–H and O–H groups in total. The van der Waals surface area contributed by atoms with Crippen molar-refractivity contribution in [2.75, 3.05) is 0 Å². The first-order valence-electron chi connectivity index (χ1n) is 32.9. The van der Waals surface area contributed by atoms with E-state index in [-0.39, 0.29) is 165 Å². The molecule has 32 nitrogen and oxygen atoms in total. The zero-order valence-corrected chi connectivity index (χ0v) is 60.6. The Morgan fingerprint density at radius 1 is 0.233 bits per heavy atom. The fourth-order valence-corrected chi connectivity index (χ4v) is 11.6. The van der Waals surface area contributed by atoms with Gasteiger partial charge in [-0.2, -0.15) is 0 Å². The first-order valence-corrected chi connectivity index (χ1v) is 32.9. The number of aromatic carboxylic acids is 8. The zero-order chi connectivity index (χ0) is 85.0. The molecular formula is C84H60O32. The SMILES string of the molecule is Cc1cc(-c2cc(C)c(-c3cc(OC=O)cc(C(=O)O)c3)c(C)c2)cc(C)c1-c1cc(OC=O)cc(C(=O)O)c1.O=COc1cc(C#Cc2cc(OC=O)cc(C(=O)O)c2)cc(C(=O)O)c1.O=COc1cc(C(=O)O)cc(-c2cc(OC=O)cc(C(=O)O)c2)c1.O=COc1cc(CCc2cc(OC=O)cc(C(=O)O)c2)cc(C(=O)O)c1. The van der Waals surface area contributed by atoms with Crippen LogP contribution in [0.3, 0.4) is 0 Å². The largest absolute Gasteiger partial charge is 0.478 e. The van der Waals surface area contributed by atoms with Crippen LogP contribution in [0, 0.1) is 39.5 Å². The van der Waals surface area contributed by atoms with Crippen LogP contribution in [0.4, 0.5) is 0 Å². The van der Waals surface area contributed by atoms with Gasteiger partial charge in [-0.1, -0.05) is 36.1 Å². The predicted molar refractivity (Wildman–Crippen MR) is 402 cm³/mol. The quantitative estimate of drug-likeness (QED) is 0.0148. The van der Waals surface area contributed by atoms with E-state index in [4.69, 9.17) is 49.6 Å². The van der Waals surface area contributed by atoms with Crippen molar-refractivity contribution in [3.05, 3.63) is 259 Å². The average molecular weight is 1580 g/mol. The molecule has 0 unspecified atom stereocenters. The lowest BCUT2D eigenvalue weighted by atomic mass is 9.87. The van der Waals surface area contributed by atoms with Gasteiger partial charge in [0.15, 0.2) is 0 Å². The fourth-order valence-electron chi connectivity index (χ4n) is 11.6. The average Bonchev–Trinajstić information content (AvgIpc) is 0.772. The van der Waals surface area contributed by atoms with Crippen LogP contribution >= 0.6 is 0 Å². The Morgan fingerprint density at radius 2 is 0.414 bits per heavy atom. The molecule has 0 saturated carbocycles. The van der Waals surface area contributed by atoms with Crippen molar-refractivity contribution in [3.63, 3.8) is 0 Å². The number of carbonyl (C=O) groups is 16. The molecule has 0 radical (unpaired) electrons. The Balaban J connectivity index is 0.000000219. The highest BCUT2D eigenvalue weighted by Crippen LogP contribution is 2.39. The van der Waals surface area contributed by atoms with Crippen LogP contribution in [0.2, 0.25) is 0 Å². The second-order valence-electron chi connectivity index (χ2n) is 24.1. The number of aryl methyl sites for hydroxylation is 6. The maximum atomic E-state index is 11.7. The third kappa shape index (κ3) is 24.1. The molecule has 0 amide bonds. The van der Waals surface area contributed by atoms with E-state index in [1.165, 1.54) is 97.1 Å². The summed E-state index contributed by atoms with van der Waals surface area (Å²) in [6.45, 7) is 9.21. The van der Waals surface area contributed by atoms with Crippen molar-refractivity contribution < 1.29 is 155 Å². The number of carbonyl (C=O) groups excluding carboxylic acids is 8. The molecule has 0 aliphatic rings. The minimum absolute atomic E-state index is 0.00605. The molecule has 0 aliphatic carbocycles. The van der Waals surface area contributed by atoms with Crippen molar-refractivity contribution in [3.8, 4) is 102 Å².